The SMILES string of the molecule is [C-]#[N+]c1c(N)sc2c(F)ccc(-c3ccc4c(N(CC)[C@H]5CCN(C(=O)C=C)[C@H]5C)nc(OC[C@@]56CCCN5C[C@H](F)C6)nc4c3F)c12. The second kappa shape index (κ2) is 12.2. The topological polar surface area (TPSA) is 92.2 Å². The van der Waals surface area contributed by atoms with Crippen LogP contribution in [0.3, 0.4) is 0 Å². The predicted molar refractivity (Wildman–Crippen MR) is 182 cm³/mol. The second-order valence-corrected chi connectivity index (χ2v) is 13.9. The molecule has 13 heteroatoms. The van der Waals surface area contributed by atoms with E-state index < -0.39 is 23.3 Å². The fraction of sp³-hybridized carbons (Fsp3) is 0.429. The molecule has 7 rings (SSSR count). The molecule has 3 aliphatic heterocycles. The zero-order valence-electron chi connectivity index (χ0n) is 26.8. The van der Waals surface area contributed by atoms with E-state index in [2.05, 4.69) is 26.2 Å². The number of rotatable bonds is 8. The lowest BCUT2D eigenvalue weighted by Crippen LogP contribution is -2.45. The van der Waals surface area contributed by atoms with Crippen molar-refractivity contribution in [2.45, 2.75) is 63.3 Å². The smallest absolute Gasteiger partial charge is 0.319 e. The Balaban J connectivity index is 1.37. The maximum Gasteiger partial charge on any atom is 0.319 e. The number of anilines is 2. The number of carbonyl (C=O) groups is 1. The van der Waals surface area contributed by atoms with E-state index in [4.69, 9.17) is 22.0 Å². The van der Waals surface area contributed by atoms with Gasteiger partial charge < -0.3 is 20.3 Å². The van der Waals surface area contributed by atoms with Crippen molar-refractivity contribution >= 4 is 54.7 Å². The number of fused-ring (bicyclic) bond motifs is 3. The van der Waals surface area contributed by atoms with Gasteiger partial charge in [0.15, 0.2) is 5.82 Å². The lowest BCUT2D eigenvalue weighted by atomic mass is 9.95. The van der Waals surface area contributed by atoms with Gasteiger partial charge in [0.2, 0.25) is 11.6 Å². The average molecular weight is 676 g/mol. The molecule has 2 aromatic heterocycles. The maximum absolute atomic E-state index is 16.9. The van der Waals surface area contributed by atoms with E-state index in [9.17, 15) is 13.6 Å². The molecule has 0 radical (unpaired) electrons. The number of likely N-dealkylation sites (N-methyl/N-ethyl adjacent to an activating group) is 1. The highest BCUT2D eigenvalue weighted by molar-refractivity contribution is 7.23. The van der Waals surface area contributed by atoms with Crippen LogP contribution in [0.1, 0.15) is 39.5 Å². The minimum atomic E-state index is -0.943. The van der Waals surface area contributed by atoms with Crippen LogP contribution in [0, 0.1) is 18.2 Å². The molecule has 3 fully saturated rings. The summed E-state index contributed by atoms with van der Waals surface area (Å²) in [7, 11) is 0. The predicted octanol–water partition coefficient (Wildman–Crippen LogP) is 6.88. The standard InChI is InChI=1S/C35H36F3N7O2S/c1-5-26(46)45-15-12-25(19(45)3)44(6-2)33-23-9-8-22(21-10-11-24(37)31-27(21)30(40-4)32(39)48-31)28(38)29(23)41-34(42-33)47-18-35-13-7-14-43(35)17-20(36)16-35/h5,8-11,19-20,25H,1,6-7,12-18,39H2,2-3H3/t19-,20+,25-,35-/m0/s1. The maximum atomic E-state index is 16.9. The number of hydrogen-bond donors (Lipinski definition) is 1. The van der Waals surface area contributed by atoms with E-state index in [0.29, 0.717) is 49.2 Å². The van der Waals surface area contributed by atoms with Crippen molar-refractivity contribution in [3.05, 3.63) is 60.0 Å². The summed E-state index contributed by atoms with van der Waals surface area (Å²) in [5.41, 5.74) is 6.13. The van der Waals surface area contributed by atoms with Crippen LogP contribution in [0.5, 0.6) is 6.01 Å². The largest absolute Gasteiger partial charge is 0.461 e. The van der Waals surface area contributed by atoms with Gasteiger partial charge in [0, 0.05) is 48.4 Å². The minimum absolute atomic E-state index is 0.00349. The van der Waals surface area contributed by atoms with Crippen molar-refractivity contribution < 1.29 is 22.7 Å². The van der Waals surface area contributed by atoms with E-state index in [1.807, 2.05) is 13.8 Å². The number of nitrogens with two attached hydrogens (primary N) is 1. The summed E-state index contributed by atoms with van der Waals surface area (Å²) in [4.78, 5) is 31.5. The molecule has 250 valence electrons. The number of carbonyl (C=O) groups excluding carboxylic acids is 1. The number of halogens is 3. The molecule has 4 aromatic rings. The summed E-state index contributed by atoms with van der Waals surface area (Å²) in [6, 6.07) is 5.67. The molecule has 4 atom stereocenters. The Morgan fingerprint density at radius 1 is 1.27 bits per heavy atom. The van der Waals surface area contributed by atoms with Gasteiger partial charge in [0.1, 0.15) is 29.9 Å². The van der Waals surface area contributed by atoms with Crippen LogP contribution in [-0.4, -0.2) is 82.3 Å². The third kappa shape index (κ3) is 5.04. The van der Waals surface area contributed by atoms with Gasteiger partial charge in [-0.25, -0.2) is 18.0 Å². The van der Waals surface area contributed by atoms with Gasteiger partial charge in [0.25, 0.3) is 0 Å². The third-order valence-electron chi connectivity index (χ3n) is 10.4. The van der Waals surface area contributed by atoms with Gasteiger partial charge in [-0.3, -0.25) is 9.69 Å². The fourth-order valence-corrected chi connectivity index (χ4v) is 9.02. The lowest BCUT2D eigenvalue weighted by molar-refractivity contribution is -0.126. The second-order valence-electron chi connectivity index (χ2n) is 12.9. The summed E-state index contributed by atoms with van der Waals surface area (Å²) >= 11 is 0.953. The zero-order chi connectivity index (χ0) is 33.9. The first-order valence-electron chi connectivity index (χ1n) is 16.2. The minimum Gasteiger partial charge on any atom is -0.461 e. The van der Waals surface area contributed by atoms with E-state index >= 15 is 4.39 Å². The third-order valence-corrected chi connectivity index (χ3v) is 11.4. The van der Waals surface area contributed by atoms with Crippen LogP contribution >= 0.6 is 11.3 Å². The Hall–Kier alpha value is -4.41. The number of nitrogens with zero attached hydrogens (tertiary/aromatic N) is 6. The van der Waals surface area contributed by atoms with Gasteiger partial charge in [-0.05, 0) is 63.4 Å². The molecular formula is C35H36F3N7O2S. The highest BCUT2D eigenvalue weighted by atomic mass is 32.1. The Labute approximate surface area is 280 Å². The summed E-state index contributed by atoms with van der Waals surface area (Å²) < 4.78 is 52.8. The number of thiophene rings is 1. The van der Waals surface area contributed by atoms with E-state index in [-0.39, 0.29) is 62.5 Å². The summed E-state index contributed by atoms with van der Waals surface area (Å²) in [6.45, 7) is 17.6. The molecule has 48 heavy (non-hydrogen) atoms. The first-order chi connectivity index (χ1) is 23.1. The van der Waals surface area contributed by atoms with Gasteiger partial charge in [-0.1, -0.05) is 18.7 Å². The molecule has 0 aliphatic carbocycles. The number of ether oxygens (including phenoxy) is 1. The molecule has 3 aliphatic rings. The number of hydrogen-bond acceptors (Lipinski definition) is 8. The molecule has 0 unspecified atom stereocenters. The molecule has 9 nitrogen and oxygen atoms in total. The van der Waals surface area contributed by atoms with Crippen LogP contribution in [-0.2, 0) is 4.79 Å². The van der Waals surface area contributed by atoms with Crippen molar-refractivity contribution in [1.29, 1.82) is 0 Å². The first kappa shape index (κ1) is 32.2. The van der Waals surface area contributed by atoms with Gasteiger partial charge in [0.05, 0.1) is 27.9 Å². The first-order valence-corrected chi connectivity index (χ1v) is 17.0. The Morgan fingerprint density at radius 3 is 2.81 bits per heavy atom. The van der Waals surface area contributed by atoms with Crippen LogP contribution < -0.4 is 15.4 Å². The molecule has 1 amide bonds. The number of aromatic nitrogens is 2. The molecular weight excluding hydrogens is 639 g/mol. The van der Waals surface area contributed by atoms with Crippen LogP contribution in [0.15, 0.2) is 36.9 Å². The Kier molecular flexibility index (Phi) is 8.20. The molecule has 0 spiro atoms. The van der Waals surface area contributed by atoms with Gasteiger partial charge in [-0.15, -0.1) is 11.3 Å². The Bertz CT molecular complexity index is 2000. The zero-order valence-corrected chi connectivity index (χ0v) is 27.6. The monoisotopic (exact) mass is 675 g/mol. The number of alkyl halides is 1. The van der Waals surface area contributed by atoms with Crippen molar-refractivity contribution in [2.24, 2.45) is 0 Å². The quantitative estimate of drug-likeness (QED) is 0.161. The van der Waals surface area contributed by atoms with Crippen molar-refractivity contribution in [3.63, 3.8) is 0 Å². The van der Waals surface area contributed by atoms with E-state index in [1.54, 1.807) is 17.0 Å². The highest BCUT2D eigenvalue weighted by Gasteiger charge is 2.49. The number of amides is 1. The Morgan fingerprint density at radius 2 is 2.06 bits per heavy atom. The number of likely N-dealkylation sites (tertiary alicyclic amines) is 1. The molecule has 2 aromatic carbocycles. The number of benzene rings is 2. The van der Waals surface area contributed by atoms with E-state index in [0.717, 1.165) is 30.7 Å². The molecule has 5 heterocycles. The normalized spacial score (nSPS) is 23.9. The van der Waals surface area contributed by atoms with Crippen LogP contribution in [0.2, 0.25) is 0 Å². The molecule has 3 saturated heterocycles. The molecule has 0 bridgehead atoms. The molecule has 0 saturated carbocycles. The van der Waals surface area contributed by atoms with Gasteiger partial charge in [-0.2, -0.15) is 9.97 Å². The van der Waals surface area contributed by atoms with Crippen LogP contribution in [0.4, 0.5) is 29.7 Å². The van der Waals surface area contributed by atoms with Crippen molar-refractivity contribution in [3.8, 4) is 17.1 Å². The number of nitrogen functional groups attached to an aromatic ring is 1. The summed E-state index contributed by atoms with van der Waals surface area (Å²) in [6.07, 6.45) is 3.11. The lowest BCUT2D eigenvalue weighted by Gasteiger charge is -2.34. The fourth-order valence-electron chi connectivity index (χ4n) is 8.08. The van der Waals surface area contributed by atoms with Crippen LogP contribution in [0.25, 0.3) is 37.0 Å². The molecule has 2 N–H and O–H groups in total. The van der Waals surface area contributed by atoms with Crippen molar-refractivity contribution in [1.82, 2.24) is 19.8 Å². The highest BCUT2D eigenvalue weighted by Crippen LogP contribution is 2.48. The summed E-state index contributed by atoms with van der Waals surface area (Å²) in [5, 5.41) is 0.842. The van der Waals surface area contributed by atoms with E-state index in [1.165, 1.54) is 18.2 Å². The van der Waals surface area contributed by atoms with Gasteiger partial charge >= 0.3 is 6.01 Å². The van der Waals surface area contributed by atoms with Crippen molar-refractivity contribution in [2.75, 3.05) is 43.4 Å². The average Bonchev–Trinajstić information content (AvgIpc) is 3.82. The summed E-state index contributed by atoms with van der Waals surface area (Å²) in [5.74, 6) is -0.930.